The molecule has 2 aromatic rings. The minimum atomic E-state index is -3.65. The zero-order valence-electron chi connectivity index (χ0n) is 11.8. The van der Waals surface area contributed by atoms with Crippen LogP contribution in [0, 0.1) is 6.92 Å². The molecule has 3 heterocycles. The van der Waals surface area contributed by atoms with Crippen LogP contribution in [0.5, 0.6) is 0 Å². The highest BCUT2D eigenvalue weighted by Gasteiger charge is 2.35. The maximum Gasteiger partial charge on any atom is 0.246 e. The molecule has 0 amide bonds. The molecule has 1 unspecified atom stereocenters. The summed E-state index contributed by atoms with van der Waals surface area (Å²) in [6.07, 6.45) is 2.79. The summed E-state index contributed by atoms with van der Waals surface area (Å²) in [5, 5.41) is 0.203. The van der Waals surface area contributed by atoms with Crippen LogP contribution in [0.25, 0.3) is 0 Å². The number of sulfonamides is 1. The van der Waals surface area contributed by atoms with Gasteiger partial charge >= 0.3 is 0 Å². The maximum atomic E-state index is 12.8. The lowest BCUT2D eigenvalue weighted by Gasteiger charge is -2.34. The van der Waals surface area contributed by atoms with Crippen LogP contribution in [0.1, 0.15) is 24.4 Å². The first-order valence-corrected chi connectivity index (χ1v) is 8.52. The lowest BCUT2D eigenvalue weighted by atomic mass is 10.2. The summed E-state index contributed by atoms with van der Waals surface area (Å²) in [6, 6.07) is 5.26. The van der Waals surface area contributed by atoms with Crippen LogP contribution in [0.15, 0.2) is 35.5 Å². The molecule has 0 N–H and O–H groups in total. The van der Waals surface area contributed by atoms with Crippen molar-refractivity contribution < 1.29 is 8.42 Å². The Kier molecular flexibility index (Phi) is 3.55. The third-order valence-corrected chi connectivity index (χ3v) is 6.40. The van der Waals surface area contributed by atoms with E-state index in [-0.39, 0.29) is 16.0 Å². The first-order chi connectivity index (χ1) is 9.93. The van der Waals surface area contributed by atoms with Gasteiger partial charge in [0.05, 0.1) is 11.1 Å². The minimum Gasteiger partial charge on any atom is -0.346 e. The zero-order valence-corrected chi connectivity index (χ0v) is 13.4. The zero-order chi connectivity index (χ0) is 15.2. The quantitative estimate of drug-likeness (QED) is 0.853. The van der Waals surface area contributed by atoms with Crippen LogP contribution in [0.2, 0.25) is 5.02 Å². The number of pyridine rings is 1. The normalized spacial score (nSPS) is 19.5. The van der Waals surface area contributed by atoms with Crippen molar-refractivity contribution in [1.82, 2.24) is 13.9 Å². The molecule has 1 atom stereocenters. The Balaban J connectivity index is 2.04. The van der Waals surface area contributed by atoms with Crippen molar-refractivity contribution in [2.24, 2.45) is 0 Å². The lowest BCUT2D eigenvalue weighted by molar-refractivity contribution is 0.280. The van der Waals surface area contributed by atoms with Gasteiger partial charge in [-0.3, -0.25) is 4.98 Å². The average Bonchev–Trinajstić information content (AvgIpc) is 2.82. The number of aromatic nitrogens is 2. The van der Waals surface area contributed by atoms with E-state index in [9.17, 15) is 8.42 Å². The van der Waals surface area contributed by atoms with Crippen LogP contribution in [-0.2, 0) is 16.6 Å². The first-order valence-electron chi connectivity index (χ1n) is 6.70. The van der Waals surface area contributed by atoms with Crippen LogP contribution in [0.3, 0.4) is 0 Å². The molecule has 7 heteroatoms. The Morgan fingerprint density at radius 3 is 2.76 bits per heavy atom. The molecule has 0 aromatic carbocycles. The molecular formula is C14H16ClN3O2S. The molecule has 21 heavy (non-hydrogen) atoms. The molecule has 1 aliphatic rings. The second kappa shape index (κ2) is 5.12. The summed E-state index contributed by atoms with van der Waals surface area (Å²) in [4.78, 5) is 3.95. The fourth-order valence-electron chi connectivity index (χ4n) is 2.81. The van der Waals surface area contributed by atoms with Gasteiger partial charge in [-0.05, 0) is 32.0 Å². The van der Waals surface area contributed by atoms with E-state index in [2.05, 4.69) is 9.55 Å². The van der Waals surface area contributed by atoms with E-state index in [1.807, 2.05) is 26.0 Å². The summed E-state index contributed by atoms with van der Waals surface area (Å²) in [5.41, 5.74) is 2.15. The Bertz CT molecular complexity index is 785. The Morgan fingerprint density at radius 2 is 2.05 bits per heavy atom. The van der Waals surface area contributed by atoms with E-state index < -0.39 is 10.0 Å². The molecule has 0 spiro atoms. The SMILES string of the molecule is Cc1ccc2n1CCN(S(=O)(=O)c1cnccc1Cl)C2C. The monoisotopic (exact) mass is 325 g/mol. The standard InChI is InChI=1S/C14H16ClN3O2S/c1-10-3-4-13-11(2)18(8-7-17(10)13)21(19,20)14-9-16-6-5-12(14)15/h3-6,9,11H,7-8H2,1-2H3. The summed E-state index contributed by atoms with van der Waals surface area (Å²) in [6.45, 7) is 5.00. The average molecular weight is 326 g/mol. The number of hydrogen-bond acceptors (Lipinski definition) is 3. The van der Waals surface area contributed by atoms with Gasteiger partial charge in [0.1, 0.15) is 4.90 Å². The molecule has 1 aliphatic heterocycles. The number of nitrogens with zero attached hydrogens (tertiary/aromatic N) is 3. The molecular weight excluding hydrogens is 310 g/mol. The van der Waals surface area contributed by atoms with Crippen LogP contribution < -0.4 is 0 Å². The molecule has 0 bridgehead atoms. The van der Waals surface area contributed by atoms with Crippen LogP contribution in [-0.4, -0.2) is 28.8 Å². The molecule has 2 aromatic heterocycles. The fraction of sp³-hybridized carbons (Fsp3) is 0.357. The summed E-state index contributed by atoms with van der Waals surface area (Å²) < 4.78 is 29.3. The summed E-state index contributed by atoms with van der Waals surface area (Å²) in [7, 11) is -3.65. The summed E-state index contributed by atoms with van der Waals surface area (Å²) in [5.74, 6) is 0. The van der Waals surface area contributed by atoms with Gasteiger partial charge in [-0.15, -0.1) is 0 Å². The van der Waals surface area contributed by atoms with Gasteiger partial charge in [0.2, 0.25) is 10.0 Å². The van der Waals surface area contributed by atoms with Crippen molar-refractivity contribution in [1.29, 1.82) is 0 Å². The van der Waals surface area contributed by atoms with Gasteiger partial charge in [-0.2, -0.15) is 4.31 Å². The molecule has 0 aliphatic carbocycles. The van der Waals surface area contributed by atoms with Gasteiger partial charge in [0.25, 0.3) is 0 Å². The van der Waals surface area contributed by atoms with Crippen molar-refractivity contribution in [3.05, 3.63) is 47.0 Å². The Labute approximate surface area is 129 Å². The number of rotatable bonds is 2. The van der Waals surface area contributed by atoms with Gasteiger partial charge < -0.3 is 4.57 Å². The van der Waals surface area contributed by atoms with Gasteiger partial charge in [-0.1, -0.05) is 11.6 Å². The van der Waals surface area contributed by atoms with E-state index in [1.54, 1.807) is 0 Å². The predicted molar refractivity (Wildman–Crippen MR) is 80.7 cm³/mol. The second-order valence-electron chi connectivity index (χ2n) is 5.15. The van der Waals surface area contributed by atoms with Crippen molar-refractivity contribution >= 4 is 21.6 Å². The maximum absolute atomic E-state index is 12.8. The van der Waals surface area contributed by atoms with E-state index in [0.29, 0.717) is 13.1 Å². The highest BCUT2D eigenvalue weighted by molar-refractivity contribution is 7.89. The number of aryl methyl sites for hydroxylation is 1. The van der Waals surface area contributed by atoms with E-state index >= 15 is 0 Å². The third-order valence-electron chi connectivity index (χ3n) is 3.96. The Morgan fingerprint density at radius 1 is 1.29 bits per heavy atom. The molecule has 3 rings (SSSR count). The van der Waals surface area contributed by atoms with Crippen molar-refractivity contribution in [2.75, 3.05) is 6.54 Å². The van der Waals surface area contributed by atoms with Crippen molar-refractivity contribution in [3.63, 3.8) is 0 Å². The molecule has 5 nitrogen and oxygen atoms in total. The van der Waals surface area contributed by atoms with E-state index in [1.165, 1.54) is 22.8 Å². The topological polar surface area (TPSA) is 55.2 Å². The van der Waals surface area contributed by atoms with Crippen LogP contribution in [0.4, 0.5) is 0 Å². The largest absolute Gasteiger partial charge is 0.346 e. The predicted octanol–water partition coefficient (Wildman–Crippen LogP) is 2.61. The van der Waals surface area contributed by atoms with Crippen molar-refractivity contribution in [3.8, 4) is 0 Å². The molecule has 0 radical (unpaired) electrons. The van der Waals surface area contributed by atoms with Gasteiger partial charge in [0, 0.05) is 36.9 Å². The third kappa shape index (κ3) is 2.27. The minimum absolute atomic E-state index is 0.0650. The molecule has 112 valence electrons. The number of fused-ring (bicyclic) bond motifs is 1. The van der Waals surface area contributed by atoms with E-state index in [0.717, 1.165) is 11.4 Å². The lowest BCUT2D eigenvalue weighted by Crippen LogP contribution is -2.41. The highest BCUT2D eigenvalue weighted by Crippen LogP contribution is 2.33. The number of hydrogen-bond donors (Lipinski definition) is 0. The van der Waals surface area contributed by atoms with Gasteiger partial charge in [-0.25, -0.2) is 8.42 Å². The molecule has 0 saturated heterocycles. The van der Waals surface area contributed by atoms with Crippen molar-refractivity contribution in [2.45, 2.75) is 31.3 Å². The smallest absolute Gasteiger partial charge is 0.246 e. The second-order valence-corrected chi connectivity index (χ2v) is 7.42. The van der Waals surface area contributed by atoms with Crippen LogP contribution >= 0.6 is 11.6 Å². The molecule has 0 fully saturated rings. The first kappa shape index (κ1) is 14.6. The highest BCUT2D eigenvalue weighted by atomic mass is 35.5. The number of halogens is 1. The Hall–Kier alpha value is -1.37. The fourth-order valence-corrected chi connectivity index (χ4v) is 4.81. The molecule has 0 saturated carbocycles. The van der Waals surface area contributed by atoms with Gasteiger partial charge in [0.15, 0.2) is 0 Å². The summed E-state index contributed by atoms with van der Waals surface area (Å²) >= 11 is 6.03. The van der Waals surface area contributed by atoms with E-state index in [4.69, 9.17) is 11.6 Å².